The number of nitro groups is 2. The van der Waals surface area contributed by atoms with Crippen LogP contribution in [0.5, 0.6) is 0 Å². The SMILES string of the molecule is CC1(C)COC(=O)N1c1cnc(SC2CC=CCC2NC(=O)c2cc([N+](=O)[O-])cc([N+](=O)[O-])c2)o1. The third kappa shape index (κ3) is 5.11. The van der Waals surface area contributed by atoms with Gasteiger partial charge in [-0.2, -0.15) is 0 Å². The predicted molar refractivity (Wildman–Crippen MR) is 123 cm³/mol. The van der Waals surface area contributed by atoms with Gasteiger partial charge in [-0.05, 0) is 26.7 Å². The molecule has 0 radical (unpaired) electrons. The summed E-state index contributed by atoms with van der Waals surface area (Å²) in [6.45, 7) is 3.89. The van der Waals surface area contributed by atoms with Crippen molar-refractivity contribution in [3.05, 3.63) is 62.3 Å². The van der Waals surface area contributed by atoms with Crippen molar-refractivity contribution < 1.29 is 28.6 Å². The molecule has 1 aromatic heterocycles. The van der Waals surface area contributed by atoms with Crippen LogP contribution in [-0.4, -0.2) is 50.3 Å². The minimum Gasteiger partial charge on any atom is -0.447 e. The van der Waals surface area contributed by atoms with Gasteiger partial charge in [-0.3, -0.25) is 25.0 Å². The van der Waals surface area contributed by atoms with Crippen molar-refractivity contribution in [3.63, 3.8) is 0 Å². The van der Waals surface area contributed by atoms with Crippen LogP contribution in [0.3, 0.4) is 0 Å². The molecule has 0 saturated carbocycles. The number of allylic oxidation sites excluding steroid dienone is 1. The Labute approximate surface area is 202 Å². The Morgan fingerprint density at radius 1 is 1.17 bits per heavy atom. The summed E-state index contributed by atoms with van der Waals surface area (Å²) in [4.78, 5) is 51.3. The number of oxazole rings is 1. The number of thioether (sulfide) groups is 1. The van der Waals surface area contributed by atoms with E-state index in [4.69, 9.17) is 9.15 Å². The number of hydrogen-bond donors (Lipinski definition) is 1. The number of amides is 2. The Kier molecular flexibility index (Phi) is 6.47. The number of nitro benzene ring substituents is 2. The Morgan fingerprint density at radius 2 is 1.83 bits per heavy atom. The summed E-state index contributed by atoms with van der Waals surface area (Å²) in [7, 11) is 0. The smallest absolute Gasteiger partial charge is 0.417 e. The second-order valence-corrected chi connectivity index (χ2v) is 9.79. The number of carbonyl (C=O) groups excluding carboxylic acids is 2. The Hall–Kier alpha value is -3.94. The molecular weight excluding hydrogens is 482 g/mol. The number of anilines is 1. The van der Waals surface area contributed by atoms with Crippen molar-refractivity contribution in [3.8, 4) is 0 Å². The molecule has 1 aliphatic carbocycles. The first-order valence-corrected chi connectivity index (χ1v) is 11.4. The zero-order valence-corrected chi connectivity index (χ0v) is 19.5. The molecule has 2 amide bonds. The largest absolute Gasteiger partial charge is 0.447 e. The summed E-state index contributed by atoms with van der Waals surface area (Å²) in [5.74, 6) is -0.423. The van der Waals surface area contributed by atoms with E-state index in [9.17, 15) is 29.8 Å². The average molecular weight is 503 g/mol. The first-order valence-electron chi connectivity index (χ1n) is 10.5. The van der Waals surface area contributed by atoms with Gasteiger partial charge >= 0.3 is 6.09 Å². The molecule has 35 heavy (non-hydrogen) atoms. The first kappa shape index (κ1) is 24.2. The number of rotatable bonds is 7. The minimum absolute atomic E-state index is 0.183. The molecule has 1 fully saturated rings. The Morgan fingerprint density at radius 3 is 2.43 bits per heavy atom. The lowest BCUT2D eigenvalue weighted by atomic mass is 10.0. The third-order valence-corrected chi connectivity index (χ3v) is 6.77. The number of non-ortho nitro benzene ring substituents is 2. The molecule has 2 atom stereocenters. The van der Waals surface area contributed by atoms with Gasteiger partial charge in [0.15, 0.2) is 0 Å². The topological polar surface area (TPSA) is 171 Å². The molecule has 2 aromatic rings. The zero-order chi connectivity index (χ0) is 25.3. The first-order chi connectivity index (χ1) is 16.5. The van der Waals surface area contributed by atoms with Crippen LogP contribution in [0, 0.1) is 20.2 Å². The van der Waals surface area contributed by atoms with Gasteiger partial charge in [-0.1, -0.05) is 23.9 Å². The highest BCUT2D eigenvalue weighted by Crippen LogP contribution is 2.36. The maximum absolute atomic E-state index is 12.9. The number of aromatic nitrogens is 1. The minimum atomic E-state index is -0.788. The molecule has 2 aliphatic rings. The van der Waals surface area contributed by atoms with Crippen molar-refractivity contribution in [2.75, 3.05) is 11.5 Å². The van der Waals surface area contributed by atoms with E-state index in [2.05, 4.69) is 10.3 Å². The van der Waals surface area contributed by atoms with Gasteiger partial charge in [0, 0.05) is 23.4 Å². The summed E-state index contributed by atoms with van der Waals surface area (Å²) in [5, 5.41) is 25.2. The number of nitrogens with one attached hydrogen (secondary N) is 1. The fourth-order valence-electron chi connectivity index (χ4n) is 3.80. The Balaban J connectivity index is 1.50. The van der Waals surface area contributed by atoms with Crippen LogP contribution in [0.4, 0.5) is 22.1 Å². The highest BCUT2D eigenvalue weighted by Gasteiger charge is 2.43. The zero-order valence-electron chi connectivity index (χ0n) is 18.7. The second kappa shape index (κ2) is 9.37. The van der Waals surface area contributed by atoms with Gasteiger partial charge in [0.1, 0.15) is 6.61 Å². The highest BCUT2D eigenvalue weighted by atomic mass is 32.2. The summed E-state index contributed by atoms with van der Waals surface area (Å²) in [6.07, 6.45) is 5.79. The summed E-state index contributed by atoms with van der Waals surface area (Å²) in [6, 6.07) is 2.40. The van der Waals surface area contributed by atoms with Crippen molar-refractivity contribution >= 4 is 41.0 Å². The fourth-order valence-corrected chi connectivity index (χ4v) is 4.86. The van der Waals surface area contributed by atoms with E-state index in [0.29, 0.717) is 18.1 Å². The van der Waals surface area contributed by atoms with Crippen molar-refractivity contribution in [1.82, 2.24) is 10.3 Å². The van der Waals surface area contributed by atoms with E-state index >= 15 is 0 Å². The molecule has 0 bridgehead atoms. The molecule has 4 rings (SSSR count). The number of nitrogens with zero attached hydrogens (tertiary/aromatic N) is 4. The van der Waals surface area contributed by atoms with Crippen LogP contribution in [0.2, 0.25) is 0 Å². The lowest BCUT2D eigenvalue weighted by Crippen LogP contribution is -2.42. The molecular formula is C21H21N5O8S. The van der Waals surface area contributed by atoms with E-state index in [-0.39, 0.29) is 23.3 Å². The molecule has 184 valence electrons. The molecule has 1 aromatic carbocycles. The van der Waals surface area contributed by atoms with Crippen LogP contribution >= 0.6 is 11.8 Å². The van der Waals surface area contributed by atoms with E-state index in [1.807, 2.05) is 26.0 Å². The van der Waals surface area contributed by atoms with Crippen LogP contribution < -0.4 is 10.2 Å². The summed E-state index contributed by atoms with van der Waals surface area (Å²) < 4.78 is 10.9. The summed E-state index contributed by atoms with van der Waals surface area (Å²) in [5.41, 5.74) is -1.87. The third-order valence-electron chi connectivity index (χ3n) is 5.56. The van der Waals surface area contributed by atoms with Crippen molar-refractivity contribution in [2.45, 2.75) is 48.7 Å². The van der Waals surface area contributed by atoms with Crippen LogP contribution in [0.1, 0.15) is 37.0 Å². The Bertz CT molecular complexity index is 1190. The van der Waals surface area contributed by atoms with Crippen molar-refractivity contribution in [1.29, 1.82) is 0 Å². The molecule has 1 N–H and O–H groups in total. The van der Waals surface area contributed by atoms with Crippen LogP contribution in [-0.2, 0) is 4.74 Å². The lowest BCUT2D eigenvalue weighted by Gasteiger charge is -2.28. The van der Waals surface area contributed by atoms with E-state index in [0.717, 1.165) is 18.2 Å². The fraction of sp³-hybridized carbons (Fsp3) is 0.381. The molecule has 13 nitrogen and oxygen atoms in total. The van der Waals surface area contributed by atoms with E-state index in [1.165, 1.54) is 22.9 Å². The van der Waals surface area contributed by atoms with Gasteiger partial charge < -0.3 is 14.5 Å². The number of hydrogen-bond acceptors (Lipinski definition) is 10. The monoisotopic (exact) mass is 503 g/mol. The number of ether oxygens (including phenoxy) is 1. The van der Waals surface area contributed by atoms with Crippen LogP contribution in [0.25, 0.3) is 0 Å². The van der Waals surface area contributed by atoms with Gasteiger partial charge in [-0.15, -0.1) is 0 Å². The number of carbonyl (C=O) groups is 2. The van der Waals surface area contributed by atoms with Gasteiger partial charge in [0.05, 0.1) is 33.2 Å². The van der Waals surface area contributed by atoms with Gasteiger partial charge in [0.2, 0.25) is 5.88 Å². The molecule has 2 unspecified atom stereocenters. The maximum atomic E-state index is 12.9. The highest BCUT2D eigenvalue weighted by molar-refractivity contribution is 7.99. The average Bonchev–Trinajstić information content (AvgIpc) is 3.36. The summed E-state index contributed by atoms with van der Waals surface area (Å²) >= 11 is 1.27. The standard InChI is InChI=1S/C21H21N5O8S/c1-21(2)11-33-20(28)24(21)17-10-22-19(34-17)35-16-6-4-3-5-15(16)23-18(27)12-7-13(25(29)30)9-14(8-12)26(31)32/h3-4,7-10,15-16H,5-6,11H2,1-2H3,(H,23,27). The molecule has 2 heterocycles. The van der Waals surface area contributed by atoms with E-state index < -0.39 is 44.8 Å². The molecule has 0 spiro atoms. The number of cyclic esters (lactones) is 1. The second-order valence-electron chi connectivity index (χ2n) is 8.60. The van der Waals surface area contributed by atoms with Crippen LogP contribution in [0.15, 0.2) is 46.2 Å². The normalized spacial score (nSPS) is 21.0. The molecule has 1 aliphatic heterocycles. The molecule has 1 saturated heterocycles. The van der Waals surface area contributed by atoms with E-state index in [1.54, 1.807) is 0 Å². The predicted octanol–water partition coefficient (Wildman–Crippen LogP) is 3.84. The lowest BCUT2D eigenvalue weighted by molar-refractivity contribution is -0.394. The van der Waals surface area contributed by atoms with Gasteiger partial charge in [-0.25, -0.2) is 14.7 Å². The number of benzene rings is 1. The van der Waals surface area contributed by atoms with Crippen molar-refractivity contribution in [2.24, 2.45) is 0 Å². The quantitative estimate of drug-likeness (QED) is 0.332. The maximum Gasteiger partial charge on any atom is 0.417 e. The van der Waals surface area contributed by atoms with Gasteiger partial charge in [0.25, 0.3) is 22.5 Å². The molecule has 14 heteroatoms.